The van der Waals surface area contributed by atoms with Crippen LogP contribution in [0.4, 0.5) is 10.3 Å². The molecule has 6 nitrogen and oxygen atoms in total. The number of oxazole rings is 1. The van der Waals surface area contributed by atoms with Crippen LogP contribution in [0.15, 0.2) is 33.3 Å². The summed E-state index contributed by atoms with van der Waals surface area (Å²) in [6, 6.07) is 0. The number of halogens is 1. The van der Waals surface area contributed by atoms with Crippen molar-refractivity contribution in [3.63, 3.8) is 0 Å². The molecule has 78 valence electrons. The van der Waals surface area contributed by atoms with E-state index in [4.69, 9.17) is 10.3 Å². The Morgan fingerprint density at radius 1 is 1.47 bits per heavy atom. The SMILES string of the molecule is NNc1ncc(F)c(Sc2ncco2)n1. The summed E-state index contributed by atoms with van der Waals surface area (Å²) in [7, 11) is 0. The van der Waals surface area contributed by atoms with Gasteiger partial charge in [0.2, 0.25) is 5.95 Å². The first-order valence-electron chi connectivity index (χ1n) is 3.86. The molecule has 0 spiro atoms. The van der Waals surface area contributed by atoms with Crippen molar-refractivity contribution in [3.05, 3.63) is 24.5 Å². The van der Waals surface area contributed by atoms with E-state index in [0.717, 1.165) is 18.0 Å². The smallest absolute Gasteiger partial charge is 0.262 e. The summed E-state index contributed by atoms with van der Waals surface area (Å²) in [5, 5.41) is 0.399. The van der Waals surface area contributed by atoms with Crippen LogP contribution >= 0.6 is 11.8 Å². The molecule has 0 atom stereocenters. The molecule has 8 heteroatoms. The molecular formula is C7H6FN5OS. The Kier molecular flexibility index (Phi) is 2.79. The van der Waals surface area contributed by atoms with Gasteiger partial charge in [-0.25, -0.2) is 25.2 Å². The number of nitrogens with two attached hydrogens (primary N) is 1. The Bertz CT molecular complexity index is 449. The molecule has 2 aromatic heterocycles. The van der Waals surface area contributed by atoms with Gasteiger partial charge in [0.25, 0.3) is 5.22 Å². The first-order valence-corrected chi connectivity index (χ1v) is 4.68. The summed E-state index contributed by atoms with van der Waals surface area (Å²) < 4.78 is 18.2. The molecule has 15 heavy (non-hydrogen) atoms. The highest BCUT2D eigenvalue weighted by Crippen LogP contribution is 2.26. The molecule has 0 saturated heterocycles. The van der Waals surface area contributed by atoms with E-state index in [1.807, 2.05) is 0 Å². The minimum absolute atomic E-state index is 0.0976. The highest BCUT2D eigenvalue weighted by Gasteiger charge is 2.10. The number of aromatic nitrogens is 3. The Morgan fingerprint density at radius 3 is 3.00 bits per heavy atom. The second kappa shape index (κ2) is 4.24. The van der Waals surface area contributed by atoms with E-state index in [0.29, 0.717) is 5.22 Å². The third-order valence-electron chi connectivity index (χ3n) is 1.43. The van der Waals surface area contributed by atoms with Crippen molar-refractivity contribution < 1.29 is 8.81 Å². The lowest BCUT2D eigenvalue weighted by molar-refractivity contribution is 0.453. The standard InChI is InChI=1S/C7H6FN5OS/c8-4-3-11-6(13-9)12-5(4)15-7-10-1-2-14-7/h1-3H,9H2,(H,11,12,13). The minimum Gasteiger partial charge on any atom is -0.440 e. The van der Waals surface area contributed by atoms with Gasteiger partial charge in [-0.1, -0.05) is 0 Å². The molecule has 0 radical (unpaired) electrons. The summed E-state index contributed by atoms with van der Waals surface area (Å²) in [4.78, 5) is 11.2. The quantitative estimate of drug-likeness (QED) is 0.460. The van der Waals surface area contributed by atoms with E-state index in [2.05, 4.69) is 20.4 Å². The van der Waals surface area contributed by atoms with Gasteiger partial charge in [0.1, 0.15) is 11.3 Å². The van der Waals surface area contributed by atoms with Crippen molar-refractivity contribution in [2.45, 2.75) is 10.2 Å². The van der Waals surface area contributed by atoms with Gasteiger partial charge in [-0.15, -0.1) is 0 Å². The Morgan fingerprint density at radius 2 is 2.33 bits per heavy atom. The van der Waals surface area contributed by atoms with Gasteiger partial charge in [-0.2, -0.15) is 0 Å². The first-order chi connectivity index (χ1) is 7.29. The van der Waals surface area contributed by atoms with Gasteiger partial charge >= 0.3 is 0 Å². The zero-order chi connectivity index (χ0) is 10.7. The van der Waals surface area contributed by atoms with E-state index in [1.165, 1.54) is 12.5 Å². The van der Waals surface area contributed by atoms with Gasteiger partial charge in [-0.3, -0.25) is 5.43 Å². The van der Waals surface area contributed by atoms with Gasteiger partial charge in [0, 0.05) is 0 Å². The fourth-order valence-electron chi connectivity index (χ4n) is 0.836. The van der Waals surface area contributed by atoms with E-state index >= 15 is 0 Å². The maximum Gasteiger partial charge on any atom is 0.262 e. The Hall–Kier alpha value is -1.67. The van der Waals surface area contributed by atoms with Crippen LogP contribution in [0, 0.1) is 5.82 Å². The predicted molar refractivity (Wildman–Crippen MR) is 50.4 cm³/mol. The summed E-state index contributed by atoms with van der Waals surface area (Å²) in [6.07, 6.45) is 3.88. The number of nitrogens with zero attached hydrogens (tertiary/aromatic N) is 3. The third kappa shape index (κ3) is 2.22. The number of hydrogen-bond acceptors (Lipinski definition) is 7. The fraction of sp³-hybridized carbons (Fsp3) is 0. The zero-order valence-corrected chi connectivity index (χ0v) is 8.16. The number of anilines is 1. The molecular weight excluding hydrogens is 221 g/mol. The third-order valence-corrected chi connectivity index (χ3v) is 2.29. The lowest BCUT2D eigenvalue weighted by atomic mass is 10.6. The van der Waals surface area contributed by atoms with E-state index in [9.17, 15) is 4.39 Å². The van der Waals surface area contributed by atoms with Crippen LogP contribution in [0.2, 0.25) is 0 Å². The molecule has 0 saturated carbocycles. The molecule has 0 bridgehead atoms. The zero-order valence-electron chi connectivity index (χ0n) is 7.35. The highest BCUT2D eigenvalue weighted by atomic mass is 32.2. The molecule has 2 rings (SSSR count). The number of nitrogens with one attached hydrogen (secondary N) is 1. The summed E-state index contributed by atoms with van der Waals surface area (Å²) in [5.41, 5.74) is 2.22. The molecule has 0 aliphatic rings. The molecule has 0 aliphatic heterocycles. The van der Waals surface area contributed by atoms with Gasteiger partial charge in [0.05, 0.1) is 12.4 Å². The van der Waals surface area contributed by atoms with Gasteiger partial charge in [0.15, 0.2) is 5.82 Å². The molecule has 2 heterocycles. The van der Waals surface area contributed by atoms with Crippen molar-refractivity contribution in [1.29, 1.82) is 0 Å². The maximum absolute atomic E-state index is 13.2. The number of hydrogen-bond donors (Lipinski definition) is 2. The number of hydrazine groups is 1. The van der Waals surface area contributed by atoms with Crippen LogP contribution in [-0.4, -0.2) is 15.0 Å². The monoisotopic (exact) mass is 227 g/mol. The van der Waals surface area contributed by atoms with Crippen LogP contribution in [0.1, 0.15) is 0 Å². The average molecular weight is 227 g/mol. The highest BCUT2D eigenvalue weighted by molar-refractivity contribution is 7.99. The Balaban J connectivity index is 2.27. The van der Waals surface area contributed by atoms with Crippen LogP contribution in [-0.2, 0) is 0 Å². The van der Waals surface area contributed by atoms with Crippen molar-refractivity contribution >= 4 is 17.7 Å². The predicted octanol–water partition coefficient (Wildman–Crippen LogP) is 1.04. The normalized spacial score (nSPS) is 10.3. The summed E-state index contributed by atoms with van der Waals surface area (Å²) in [5.74, 6) is 4.67. The molecule has 2 aromatic rings. The second-order valence-electron chi connectivity index (χ2n) is 2.39. The summed E-state index contributed by atoms with van der Waals surface area (Å²) >= 11 is 0.951. The minimum atomic E-state index is -0.558. The molecule has 0 fully saturated rings. The van der Waals surface area contributed by atoms with Crippen molar-refractivity contribution in [1.82, 2.24) is 15.0 Å². The van der Waals surface area contributed by atoms with E-state index < -0.39 is 5.82 Å². The molecule has 0 amide bonds. The largest absolute Gasteiger partial charge is 0.440 e. The number of nitrogen functional groups attached to an aromatic ring is 1. The maximum atomic E-state index is 13.2. The van der Waals surface area contributed by atoms with Crippen molar-refractivity contribution in [3.8, 4) is 0 Å². The van der Waals surface area contributed by atoms with Crippen molar-refractivity contribution in [2.24, 2.45) is 5.84 Å². The molecule has 0 aliphatic carbocycles. The first kappa shape index (κ1) is 9.87. The van der Waals surface area contributed by atoms with Crippen LogP contribution in [0.25, 0.3) is 0 Å². The van der Waals surface area contributed by atoms with Gasteiger partial charge < -0.3 is 4.42 Å². The average Bonchev–Trinajstić information content (AvgIpc) is 2.74. The lowest BCUT2D eigenvalue weighted by Crippen LogP contribution is -2.11. The van der Waals surface area contributed by atoms with E-state index in [1.54, 1.807) is 0 Å². The number of rotatable bonds is 3. The second-order valence-corrected chi connectivity index (χ2v) is 3.33. The Labute approximate surface area is 88.1 Å². The topological polar surface area (TPSA) is 89.9 Å². The van der Waals surface area contributed by atoms with Crippen LogP contribution in [0.3, 0.4) is 0 Å². The molecule has 0 unspecified atom stereocenters. The van der Waals surface area contributed by atoms with Gasteiger partial charge in [-0.05, 0) is 11.8 Å². The van der Waals surface area contributed by atoms with E-state index in [-0.39, 0.29) is 11.0 Å². The van der Waals surface area contributed by atoms with Crippen molar-refractivity contribution in [2.75, 3.05) is 5.43 Å². The molecule has 3 N–H and O–H groups in total. The fourth-order valence-corrected chi connectivity index (χ4v) is 1.50. The summed E-state index contributed by atoms with van der Waals surface area (Å²) in [6.45, 7) is 0. The van der Waals surface area contributed by atoms with Crippen LogP contribution < -0.4 is 11.3 Å². The lowest BCUT2D eigenvalue weighted by Gasteiger charge is -2.01. The van der Waals surface area contributed by atoms with Crippen LogP contribution in [0.5, 0.6) is 0 Å². The molecule has 0 aromatic carbocycles.